The highest BCUT2D eigenvalue weighted by atomic mass is 16.5. The van der Waals surface area contributed by atoms with Crippen LogP contribution in [0, 0.1) is 5.92 Å². The van der Waals surface area contributed by atoms with Gasteiger partial charge in [-0.25, -0.2) is 0 Å². The van der Waals surface area contributed by atoms with Crippen molar-refractivity contribution in [1.82, 2.24) is 0 Å². The molecule has 2 atom stereocenters. The number of allylic oxidation sites excluding steroid dienone is 1. The first-order valence-corrected chi connectivity index (χ1v) is 6.18. The van der Waals surface area contributed by atoms with Crippen LogP contribution >= 0.6 is 0 Å². The minimum absolute atomic E-state index is 0.0983. The van der Waals surface area contributed by atoms with Gasteiger partial charge in [0.2, 0.25) is 0 Å². The quantitative estimate of drug-likeness (QED) is 0.587. The van der Waals surface area contributed by atoms with Gasteiger partial charge in [-0.1, -0.05) is 37.3 Å². The second-order valence-corrected chi connectivity index (χ2v) is 4.33. The molecule has 0 spiro atoms. The van der Waals surface area contributed by atoms with E-state index in [1.807, 2.05) is 6.08 Å². The number of fused-ring (bicyclic) bond motifs is 1. The predicted octanol–water partition coefficient (Wildman–Crippen LogP) is 3.08. The SMILES string of the molecule is CCC(/C=C/C=O)C1OCCc2ccccc21. The van der Waals surface area contributed by atoms with Crippen molar-refractivity contribution < 1.29 is 9.53 Å². The summed E-state index contributed by atoms with van der Waals surface area (Å²) in [4.78, 5) is 10.4. The molecule has 0 fully saturated rings. The largest absolute Gasteiger partial charge is 0.373 e. The van der Waals surface area contributed by atoms with Crippen LogP contribution in [0.15, 0.2) is 36.4 Å². The van der Waals surface area contributed by atoms with Crippen LogP contribution < -0.4 is 0 Å². The molecule has 2 heteroatoms. The van der Waals surface area contributed by atoms with Gasteiger partial charge in [0.1, 0.15) is 6.29 Å². The molecule has 1 aromatic carbocycles. The number of hydrogen-bond acceptors (Lipinski definition) is 2. The fourth-order valence-corrected chi connectivity index (χ4v) is 2.42. The van der Waals surface area contributed by atoms with E-state index in [2.05, 4.69) is 31.2 Å². The minimum atomic E-state index is 0.0983. The topological polar surface area (TPSA) is 26.3 Å². The van der Waals surface area contributed by atoms with Crippen LogP contribution in [0.4, 0.5) is 0 Å². The number of hydrogen-bond donors (Lipinski definition) is 0. The highest BCUT2D eigenvalue weighted by molar-refractivity contribution is 5.64. The molecular formula is C15H18O2. The van der Waals surface area contributed by atoms with E-state index in [9.17, 15) is 4.79 Å². The summed E-state index contributed by atoms with van der Waals surface area (Å²) in [5.41, 5.74) is 2.66. The minimum Gasteiger partial charge on any atom is -0.373 e. The van der Waals surface area contributed by atoms with E-state index in [1.165, 1.54) is 11.1 Å². The second kappa shape index (κ2) is 5.78. The van der Waals surface area contributed by atoms with Crippen molar-refractivity contribution in [1.29, 1.82) is 0 Å². The maximum Gasteiger partial charge on any atom is 0.142 e. The first kappa shape index (κ1) is 12.1. The summed E-state index contributed by atoms with van der Waals surface area (Å²) in [7, 11) is 0. The predicted molar refractivity (Wildman–Crippen MR) is 67.8 cm³/mol. The van der Waals surface area contributed by atoms with Gasteiger partial charge in [0.25, 0.3) is 0 Å². The summed E-state index contributed by atoms with van der Waals surface area (Å²) in [6.45, 7) is 2.90. The lowest BCUT2D eigenvalue weighted by Gasteiger charge is -2.30. The molecular weight excluding hydrogens is 212 g/mol. The van der Waals surface area contributed by atoms with Gasteiger partial charge in [0.15, 0.2) is 0 Å². The van der Waals surface area contributed by atoms with Crippen molar-refractivity contribution in [2.45, 2.75) is 25.9 Å². The molecule has 0 saturated heterocycles. The Bertz CT molecular complexity index is 409. The van der Waals surface area contributed by atoms with Gasteiger partial charge < -0.3 is 4.74 Å². The van der Waals surface area contributed by atoms with Gasteiger partial charge in [-0.05, 0) is 30.0 Å². The summed E-state index contributed by atoms with van der Waals surface area (Å²) in [5.74, 6) is 0.279. The van der Waals surface area contributed by atoms with Gasteiger partial charge in [-0.2, -0.15) is 0 Å². The Morgan fingerprint density at radius 1 is 1.47 bits per heavy atom. The van der Waals surface area contributed by atoms with Gasteiger partial charge >= 0.3 is 0 Å². The Balaban J connectivity index is 2.27. The van der Waals surface area contributed by atoms with Crippen LogP contribution in [0.5, 0.6) is 0 Å². The Morgan fingerprint density at radius 3 is 3.06 bits per heavy atom. The third kappa shape index (κ3) is 2.64. The summed E-state index contributed by atoms with van der Waals surface area (Å²) in [5, 5.41) is 0. The molecule has 0 aromatic heterocycles. The number of rotatable bonds is 4. The van der Waals surface area contributed by atoms with E-state index >= 15 is 0 Å². The molecule has 2 rings (SSSR count). The van der Waals surface area contributed by atoms with E-state index in [0.29, 0.717) is 0 Å². The fraction of sp³-hybridized carbons (Fsp3) is 0.400. The maximum absolute atomic E-state index is 10.4. The van der Waals surface area contributed by atoms with Crippen molar-refractivity contribution in [2.24, 2.45) is 5.92 Å². The molecule has 90 valence electrons. The van der Waals surface area contributed by atoms with Crippen LogP contribution in [-0.2, 0) is 16.0 Å². The average Bonchev–Trinajstić information content (AvgIpc) is 2.40. The van der Waals surface area contributed by atoms with E-state index in [4.69, 9.17) is 4.74 Å². The Morgan fingerprint density at radius 2 is 2.29 bits per heavy atom. The summed E-state index contributed by atoms with van der Waals surface area (Å²) >= 11 is 0. The monoisotopic (exact) mass is 230 g/mol. The summed E-state index contributed by atoms with van der Waals surface area (Å²) in [6, 6.07) is 8.43. The number of carbonyl (C=O) groups is 1. The fourth-order valence-electron chi connectivity index (χ4n) is 2.42. The highest BCUT2D eigenvalue weighted by Crippen LogP contribution is 2.34. The lowest BCUT2D eigenvalue weighted by Crippen LogP contribution is -2.22. The lowest BCUT2D eigenvalue weighted by atomic mass is 9.87. The molecule has 2 nitrogen and oxygen atoms in total. The zero-order valence-electron chi connectivity index (χ0n) is 10.1. The Hall–Kier alpha value is -1.41. The Labute approximate surface area is 102 Å². The van der Waals surface area contributed by atoms with E-state index in [1.54, 1.807) is 6.08 Å². The maximum atomic E-state index is 10.4. The van der Waals surface area contributed by atoms with Gasteiger partial charge in [-0.15, -0.1) is 0 Å². The van der Waals surface area contributed by atoms with Crippen molar-refractivity contribution in [2.75, 3.05) is 6.61 Å². The van der Waals surface area contributed by atoms with Crippen LogP contribution in [0.2, 0.25) is 0 Å². The molecule has 17 heavy (non-hydrogen) atoms. The van der Waals surface area contributed by atoms with Crippen molar-refractivity contribution in [3.8, 4) is 0 Å². The number of benzene rings is 1. The van der Waals surface area contributed by atoms with Crippen LogP contribution in [0.1, 0.15) is 30.6 Å². The Kier molecular flexibility index (Phi) is 4.10. The molecule has 1 aromatic rings. The van der Waals surface area contributed by atoms with E-state index < -0.39 is 0 Å². The third-order valence-electron chi connectivity index (χ3n) is 3.33. The van der Waals surface area contributed by atoms with Gasteiger partial charge in [0, 0.05) is 5.92 Å². The molecule has 0 N–H and O–H groups in total. The highest BCUT2D eigenvalue weighted by Gasteiger charge is 2.25. The van der Waals surface area contributed by atoms with E-state index in [0.717, 1.165) is 25.7 Å². The molecule has 0 saturated carbocycles. The normalized spacial score (nSPS) is 21.1. The number of carbonyl (C=O) groups excluding carboxylic acids is 1. The van der Waals surface area contributed by atoms with Crippen molar-refractivity contribution in [3.05, 3.63) is 47.5 Å². The molecule has 1 heterocycles. The molecule has 1 aliphatic heterocycles. The molecule has 0 radical (unpaired) electrons. The summed E-state index contributed by atoms with van der Waals surface area (Å²) < 4.78 is 5.89. The smallest absolute Gasteiger partial charge is 0.142 e. The van der Waals surface area contributed by atoms with Crippen LogP contribution in [0.25, 0.3) is 0 Å². The molecule has 1 aliphatic rings. The van der Waals surface area contributed by atoms with Gasteiger partial charge in [-0.3, -0.25) is 4.79 Å². The van der Waals surface area contributed by atoms with Crippen LogP contribution in [0.3, 0.4) is 0 Å². The molecule has 0 aliphatic carbocycles. The lowest BCUT2D eigenvalue weighted by molar-refractivity contribution is -0.104. The molecule has 0 bridgehead atoms. The summed E-state index contributed by atoms with van der Waals surface area (Å²) in [6.07, 6.45) is 6.43. The number of aldehydes is 1. The van der Waals surface area contributed by atoms with Crippen molar-refractivity contribution in [3.63, 3.8) is 0 Å². The van der Waals surface area contributed by atoms with Gasteiger partial charge in [0.05, 0.1) is 12.7 Å². The van der Waals surface area contributed by atoms with Crippen molar-refractivity contribution >= 4 is 6.29 Å². The first-order chi connectivity index (χ1) is 8.36. The molecule has 2 unspecified atom stereocenters. The van der Waals surface area contributed by atoms with E-state index in [-0.39, 0.29) is 12.0 Å². The zero-order valence-corrected chi connectivity index (χ0v) is 10.1. The third-order valence-corrected chi connectivity index (χ3v) is 3.33. The average molecular weight is 230 g/mol. The molecule has 0 amide bonds. The second-order valence-electron chi connectivity index (χ2n) is 4.33. The first-order valence-electron chi connectivity index (χ1n) is 6.18. The number of ether oxygens (including phenoxy) is 1. The van der Waals surface area contributed by atoms with Crippen LogP contribution in [-0.4, -0.2) is 12.9 Å². The standard InChI is InChI=1S/C15H18O2/c1-2-12(7-5-10-16)15-14-8-4-3-6-13(14)9-11-17-15/h3-8,10,12,15H,2,9,11H2,1H3/b7-5+. The zero-order chi connectivity index (χ0) is 12.1.